The Kier molecular flexibility index (Phi) is 3.79. The molecule has 0 amide bonds. The van der Waals surface area contributed by atoms with Gasteiger partial charge in [-0.3, -0.25) is 5.10 Å². The summed E-state index contributed by atoms with van der Waals surface area (Å²) in [5.74, 6) is 1.26. The summed E-state index contributed by atoms with van der Waals surface area (Å²) in [6.07, 6.45) is 9.36. The van der Waals surface area contributed by atoms with Gasteiger partial charge in [0, 0.05) is 35.1 Å². The maximum absolute atomic E-state index is 4.66. The molecule has 3 aromatic rings. The second kappa shape index (κ2) is 6.35. The lowest BCUT2D eigenvalue weighted by atomic mass is 9.89. The number of hydrogen-bond donors (Lipinski definition) is 2. The summed E-state index contributed by atoms with van der Waals surface area (Å²) in [6, 6.07) is 13.5. The van der Waals surface area contributed by atoms with Gasteiger partial charge in [-0.2, -0.15) is 5.10 Å². The van der Waals surface area contributed by atoms with Crippen molar-refractivity contribution >= 4 is 27.4 Å². The van der Waals surface area contributed by atoms with Crippen LogP contribution in [0.2, 0.25) is 0 Å². The minimum absolute atomic E-state index is 0.647. The van der Waals surface area contributed by atoms with Gasteiger partial charge in [0.1, 0.15) is 10.6 Å². The van der Waals surface area contributed by atoms with Crippen molar-refractivity contribution in [1.29, 1.82) is 0 Å². The topological polar surface area (TPSA) is 44.0 Å². The van der Waals surface area contributed by atoms with Crippen molar-refractivity contribution in [3.63, 3.8) is 0 Å². The molecule has 1 aliphatic carbocycles. The zero-order valence-corrected chi connectivity index (χ0v) is 16.3. The van der Waals surface area contributed by atoms with Crippen molar-refractivity contribution in [2.45, 2.75) is 69.1 Å². The van der Waals surface area contributed by atoms with E-state index >= 15 is 0 Å². The molecule has 4 nitrogen and oxygen atoms in total. The van der Waals surface area contributed by atoms with Crippen LogP contribution >= 0.6 is 11.3 Å². The predicted octanol–water partition coefficient (Wildman–Crippen LogP) is 4.93. The molecule has 6 rings (SSSR count). The van der Waals surface area contributed by atoms with Crippen LogP contribution < -0.4 is 10.2 Å². The molecular weight excluding hydrogens is 352 g/mol. The highest BCUT2D eigenvalue weighted by atomic mass is 32.1. The van der Waals surface area contributed by atoms with Crippen LogP contribution in [0.5, 0.6) is 0 Å². The molecule has 2 N–H and O–H groups in total. The Morgan fingerprint density at radius 2 is 1.78 bits per heavy atom. The maximum Gasteiger partial charge on any atom is 0.148 e. The van der Waals surface area contributed by atoms with Gasteiger partial charge in [0.05, 0.1) is 5.39 Å². The van der Waals surface area contributed by atoms with E-state index in [2.05, 4.69) is 56.1 Å². The van der Waals surface area contributed by atoms with Gasteiger partial charge in [-0.25, -0.2) is 0 Å². The average molecular weight is 379 g/mol. The van der Waals surface area contributed by atoms with Crippen molar-refractivity contribution in [1.82, 2.24) is 15.5 Å². The van der Waals surface area contributed by atoms with Crippen LogP contribution in [0.1, 0.15) is 44.9 Å². The van der Waals surface area contributed by atoms with Gasteiger partial charge in [0.15, 0.2) is 0 Å². The minimum atomic E-state index is 0.647. The summed E-state index contributed by atoms with van der Waals surface area (Å²) in [7, 11) is 0. The SMILES string of the molecule is c1ccc(-c2csc3n[nH]c(N4C5CCC4CC(NC4CCC4)C5)c23)cc1. The number of hydrogen-bond acceptors (Lipinski definition) is 4. The number of H-pyrrole nitrogens is 1. The number of anilines is 1. The van der Waals surface area contributed by atoms with E-state index in [0.29, 0.717) is 18.1 Å². The third kappa shape index (κ3) is 2.63. The molecule has 3 aliphatic rings. The van der Waals surface area contributed by atoms with Crippen LogP contribution in [-0.4, -0.2) is 34.4 Å². The first-order chi connectivity index (χ1) is 13.4. The monoisotopic (exact) mass is 378 g/mol. The third-order valence-corrected chi connectivity index (χ3v) is 7.80. The second-order valence-corrected chi connectivity index (χ2v) is 9.38. The maximum atomic E-state index is 4.66. The van der Waals surface area contributed by atoms with E-state index in [9.17, 15) is 0 Å². The highest BCUT2D eigenvalue weighted by molar-refractivity contribution is 7.17. The first kappa shape index (κ1) is 16.1. The van der Waals surface area contributed by atoms with Gasteiger partial charge in [-0.05, 0) is 44.1 Å². The number of aromatic amines is 1. The summed E-state index contributed by atoms with van der Waals surface area (Å²) in [4.78, 5) is 3.82. The summed E-state index contributed by atoms with van der Waals surface area (Å²) < 4.78 is 0. The van der Waals surface area contributed by atoms with E-state index < -0.39 is 0 Å². The molecule has 1 aromatic carbocycles. The van der Waals surface area contributed by atoms with E-state index in [4.69, 9.17) is 0 Å². The zero-order chi connectivity index (χ0) is 17.8. The smallest absolute Gasteiger partial charge is 0.148 e. The lowest BCUT2D eigenvalue weighted by Gasteiger charge is -2.42. The van der Waals surface area contributed by atoms with Crippen LogP contribution in [0.3, 0.4) is 0 Å². The Hall–Kier alpha value is -1.85. The van der Waals surface area contributed by atoms with Gasteiger partial charge in [0.2, 0.25) is 0 Å². The number of piperidine rings is 1. The van der Waals surface area contributed by atoms with E-state index in [0.717, 1.165) is 10.9 Å². The fourth-order valence-corrected chi connectivity index (χ4v) is 6.33. The normalized spacial score (nSPS) is 28.0. The van der Waals surface area contributed by atoms with Crippen molar-refractivity contribution in [3.8, 4) is 11.1 Å². The minimum Gasteiger partial charge on any atom is -0.350 e. The van der Waals surface area contributed by atoms with E-state index in [1.165, 1.54) is 67.3 Å². The molecule has 4 heterocycles. The Labute approximate surface area is 164 Å². The quantitative estimate of drug-likeness (QED) is 0.676. The van der Waals surface area contributed by atoms with Gasteiger partial charge >= 0.3 is 0 Å². The lowest BCUT2D eigenvalue weighted by molar-refractivity contribution is 0.260. The predicted molar refractivity (Wildman–Crippen MR) is 112 cm³/mol. The summed E-state index contributed by atoms with van der Waals surface area (Å²) >= 11 is 1.75. The highest BCUT2D eigenvalue weighted by Crippen LogP contribution is 2.45. The molecule has 3 fully saturated rings. The molecule has 0 radical (unpaired) electrons. The van der Waals surface area contributed by atoms with Crippen LogP contribution in [-0.2, 0) is 0 Å². The number of nitrogens with zero attached hydrogens (tertiary/aromatic N) is 2. The highest BCUT2D eigenvalue weighted by Gasteiger charge is 2.43. The molecule has 27 heavy (non-hydrogen) atoms. The first-order valence-corrected chi connectivity index (χ1v) is 11.3. The zero-order valence-electron chi connectivity index (χ0n) is 15.5. The fourth-order valence-electron chi connectivity index (χ4n) is 5.42. The largest absolute Gasteiger partial charge is 0.350 e. The summed E-state index contributed by atoms with van der Waals surface area (Å²) in [6.45, 7) is 0. The standard InChI is InChI=1S/C22H26N4S/c1-2-5-14(6-3-1)19-13-27-22-20(19)21(24-25-22)26-17-9-10-18(26)12-16(11-17)23-15-7-4-8-15/h1-3,5-6,13,15-18,23H,4,7-12H2,(H,24,25). The Bertz CT molecular complexity index is 928. The van der Waals surface area contributed by atoms with Crippen LogP contribution in [0.15, 0.2) is 35.7 Å². The number of rotatable bonds is 4. The fraction of sp³-hybridized carbons (Fsp3) is 0.500. The molecule has 2 atom stereocenters. The number of fused-ring (bicyclic) bond motifs is 3. The van der Waals surface area contributed by atoms with Crippen molar-refractivity contribution < 1.29 is 0 Å². The molecule has 2 aromatic heterocycles. The third-order valence-electron chi connectivity index (χ3n) is 6.92. The van der Waals surface area contributed by atoms with Crippen molar-refractivity contribution in [2.75, 3.05) is 4.90 Å². The molecule has 2 bridgehead atoms. The van der Waals surface area contributed by atoms with Crippen molar-refractivity contribution in [3.05, 3.63) is 35.7 Å². The van der Waals surface area contributed by atoms with Gasteiger partial charge in [0.25, 0.3) is 0 Å². The van der Waals surface area contributed by atoms with Crippen LogP contribution in [0.25, 0.3) is 21.3 Å². The molecule has 2 aliphatic heterocycles. The summed E-state index contributed by atoms with van der Waals surface area (Å²) in [5, 5.41) is 15.6. The average Bonchev–Trinajstić information content (AvgIpc) is 3.31. The Balaban J connectivity index is 1.33. The molecule has 0 spiro atoms. The second-order valence-electron chi connectivity index (χ2n) is 8.52. The number of thiophene rings is 1. The molecule has 140 valence electrons. The molecular formula is C22H26N4S. The lowest BCUT2D eigenvalue weighted by Crippen LogP contribution is -2.52. The van der Waals surface area contributed by atoms with Crippen LogP contribution in [0.4, 0.5) is 5.82 Å². The first-order valence-electron chi connectivity index (χ1n) is 10.4. The number of nitrogens with one attached hydrogen (secondary N) is 2. The van der Waals surface area contributed by atoms with Gasteiger partial charge in [-0.1, -0.05) is 36.8 Å². The number of benzene rings is 1. The Morgan fingerprint density at radius 1 is 1.00 bits per heavy atom. The van der Waals surface area contributed by atoms with Crippen molar-refractivity contribution in [2.24, 2.45) is 0 Å². The van der Waals surface area contributed by atoms with Gasteiger partial charge in [-0.15, -0.1) is 11.3 Å². The van der Waals surface area contributed by atoms with E-state index in [1.807, 2.05) is 0 Å². The summed E-state index contributed by atoms with van der Waals surface area (Å²) in [5.41, 5.74) is 2.62. The Morgan fingerprint density at radius 3 is 2.48 bits per heavy atom. The van der Waals surface area contributed by atoms with Gasteiger partial charge < -0.3 is 10.2 Å². The molecule has 1 saturated carbocycles. The molecule has 2 saturated heterocycles. The van der Waals surface area contributed by atoms with E-state index in [-0.39, 0.29) is 0 Å². The van der Waals surface area contributed by atoms with Crippen LogP contribution in [0, 0.1) is 0 Å². The number of aromatic nitrogens is 2. The molecule has 2 unspecified atom stereocenters. The van der Waals surface area contributed by atoms with E-state index in [1.54, 1.807) is 11.3 Å². The molecule has 5 heteroatoms.